The van der Waals surface area contributed by atoms with Gasteiger partial charge in [-0.1, -0.05) is 6.07 Å². The molecule has 3 aromatic rings. The molecular weight excluding hydrogens is 368 g/mol. The number of carbonyl (C=O) groups is 1. The molecule has 7 nitrogen and oxygen atoms in total. The molecule has 0 aliphatic heterocycles. The van der Waals surface area contributed by atoms with E-state index in [0.29, 0.717) is 37.2 Å². The quantitative estimate of drug-likeness (QED) is 0.563. The SMILES string of the molecule is COCCCOc1ccc(C(=O)NCc2ccc3c(c2)nc(C)n3C2CC2)cn1. The number of hydrogen-bond donors (Lipinski definition) is 1. The Morgan fingerprint density at radius 1 is 1.24 bits per heavy atom. The van der Waals surface area contributed by atoms with Crippen molar-refractivity contribution in [3.63, 3.8) is 0 Å². The molecule has 4 rings (SSSR count). The molecule has 1 amide bonds. The van der Waals surface area contributed by atoms with Crippen molar-refractivity contribution in [2.45, 2.75) is 38.8 Å². The van der Waals surface area contributed by atoms with Gasteiger partial charge in [-0.3, -0.25) is 4.79 Å². The summed E-state index contributed by atoms with van der Waals surface area (Å²) in [6, 6.07) is 10.2. The molecule has 0 bridgehead atoms. The standard InChI is InChI=1S/C22H26N4O3/c1-15-25-19-12-16(4-8-20(19)26(15)18-6-7-18)13-24-22(27)17-5-9-21(23-14-17)29-11-3-10-28-2/h4-5,8-9,12,14,18H,3,6-7,10-11,13H2,1-2H3,(H,24,27). The minimum Gasteiger partial charge on any atom is -0.478 e. The summed E-state index contributed by atoms with van der Waals surface area (Å²) in [6.45, 7) is 3.68. The second kappa shape index (κ2) is 8.61. The van der Waals surface area contributed by atoms with Crippen molar-refractivity contribution in [2.75, 3.05) is 20.3 Å². The molecule has 7 heteroatoms. The van der Waals surface area contributed by atoms with Crippen molar-refractivity contribution in [3.05, 3.63) is 53.5 Å². The summed E-state index contributed by atoms with van der Waals surface area (Å²) in [6.07, 6.45) is 4.79. The number of benzene rings is 1. The number of fused-ring (bicyclic) bond motifs is 1. The molecule has 0 spiro atoms. The van der Waals surface area contributed by atoms with Gasteiger partial charge in [0.1, 0.15) is 5.82 Å². The minimum absolute atomic E-state index is 0.164. The van der Waals surface area contributed by atoms with Crippen molar-refractivity contribution in [1.82, 2.24) is 19.9 Å². The molecule has 1 aliphatic rings. The third-order valence-electron chi connectivity index (χ3n) is 5.04. The first-order valence-electron chi connectivity index (χ1n) is 9.99. The molecule has 1 N–H and O–H groups in total. The number of carbonyl (C=O) groups excluding carboxylic acids is 1. The smallest absolute Gasteiger partial charge is 0.253 e. The van der Waals surface area contributed by atoms with Crippen LogP contribution >= 0.6 is 0 Å². The molecule has 2 aromatic heterocycles. The van der Waals surface area contributed by atoms with Crippen LogP contribution in [-0.4, -0.2) is 40.8 Å². The van der Waals surface area contributed by atoms with E-state index >= 15 is 0 Å². The van der Waals surface area contributed by atoms with Gasteiger partial charge in [0.15, 0.2) is 0 Å². The zero-order valence-electron chi connectivity index (χ0n) is 16.9. The number of methoxy groups -OCH3 is 1. The molecule has 1 saturated carbocycles. The topological polar surface area (TPSA) is 78.3 Å². The number of hydrogen-bond acceptors (Lipinski definition) is 5. The number of aromatic nitrogens is 3. The number of nitrogens with one attached hydrogen (secondary N) is 1. The van der Waals surface area contributed by atoms with Crippen molar-refractivity contribution in [2.24, 2.45) is 0 Å². The Balaban J connectivity index is 1.34. The Hall–Kier alpha value is -2.93. The summed E-state index contributed by atoms with van der Waals surface area (Å²) in [7, 11) is 1.66. The molecule has 1 fully saturated rings. The molecule has 1 aromatic carbocycles. The lowest BCUT2D eigenvalue weighted by molar-refractivity contribution is 0.0950. The van der Waals surface area contributed by atoms with Crippen LogP contribution < -0.4 is 10.1 Å². The third-order valence-corrected chi connectivity index (χ3v) is 5.04. The van der Waals surface area contributed by atoms with Crippen LogP contribution in [0.4, 0.5) is 0 Å². The van der Waals surface area contributed by atoms with Crippen LogP contribution in [0.25, 0.3) is 11.0 Å². The van der Waals surface area contributed by atoms with Crippen LogP contribution in [-0.2, 0) is 11.3 Å². The first-order valence-corrected chi connectivity index (χ1v) is 9.99. The average molecular weight is 394 g/mol. The molecule has 1 aliphatic carbocycles. The first-order chi connectivity index (χ1) is 14.2. The largest absolute Gasteiger partial charge is 0.478 e. The fourth-order valence-electron chi connectivity index (χ4n) is 3.43. The predicted molar refractivity (Wildman–Crippen MR) is 110 cm³/mol. The Labute approximate surface area is 170 Å². The lowest BCUT2D eigenvalue weighted by Gasteiger charge is -2.08. The molecule has 0 atom stereocenters. The van der Waals surface area contributed by atoms with Crippen LogP contribution in [0.2, 0.25) is 0 Å². The van der Waals surface area contributed by atoms with Gasteiger partial charge < -0.3 is 19.4 Å². The van der Waals surface area contributed by atoms with Gasteiger partial charge in [0.05, 0.1) is 23.2 Å². The minimum atomic E-state index is -0.164. The van der Waals surface area contributed by atoms with E-state index in [2.05, 4.69) is 45.0 Å². The second-order valence-corrected chi connectivity index (χ2v) is 7.35. The highest BCUT2D eigenvalue weighted by Gasteiger charge is 2.26. The number of ether oxygens (including phenoxy) is 2. The number of aryl methyl sites for hydroxylation is 1. The van der Waals surface area contributed by atoms with Gasteiger partial charge >= 0.3 is 0 Å². The lowest BCUT2D eigenvalue weighted by Crippen LogP contribution is -2.22. The summed E-state index contributed by atoms with van der Waals surface area (Å²) < 4.78 is 12.8. The number of nitrogens with zero attached hydrogens (tertiary/aromatic N) is 3. The fourth-order valence-corrected chi connectivity index (χ4v) is 3.43. The molecule has 0 unspecified atom stereocenters. The summed E-state index contributed by atoms with van der Waals surface area (Å²) in [4.78, 5) is 21.3. The highest BCUT2D eigenvalue weighted by atomic mass is 16.5. The Kier molecular flexibility index (Phi) is 5.76. The van der Waals surface area contributed by atoms with E-state index in [1.54, 1.807) is 19.2 Å². The lowest BCUT2D eigenvalue weighted by atomic mass is 10.2. The van der Waals surface area contributed by atoms with Gasteiger partial charge in [-0.25, -0.2) is 9.97 Å². The van der Waals surface area contributed by atoms with Gasteiger partial charge in [-0.2, -0.15) is 0 Å². The summed E-state index contributed by atoms with van der Waals surface area (Å²) in [5.41, 5.74) is 3.68. The highest BCUT2D eigenvalue weighted by Crippen LogP contribution is 2.38. The number of amides is 1. The first kappa shape index (κ1) is 19.4. The van der Waals surface area contributed by atoms with E-state index in [-0.39, 0.29) is 5.91 Å². The van der Waals surface area contributed by atoms with E-state index < -0.39 is 0 Å². The zero-order chi connectivity index (χ0) is 20.2. The normalized spacial score (nSPS) is 13.6. The van der Waals surface area contributed by atoms with E-state index in [0.717, 1.165) is 23.3 Å². The van der Waals surface area contributed by atoms with Crippen molar-refractivity contribution in [1.29, 1.82) is 0 Å². The maximum Gasteiger partial charge on any atom is 0.253 e. The average Bonchev–Trinajstić information content (AvgIpc) is 3.51. The Bertz CT molecular complexity index is 993. The third kappa shape index (κ3) is 4.56. The van der Waals surface area contributed by atoms with Gasteiger partial charge in [-0.05, 0) is 43.5 Å². The molecule has 29 heavy (non-hydrogen) atoms. The van der Waals surface area contributed by atoms with Crippen LogP contribution in [0.15, 0.2) is 36.5 Å². The van der Waals surface area contributed by atoms with Gasteiger partial charge in [0.25, 0.3) is 5.91 Å². The van der Waals surface area contributed by atoms with Crippen molar-refractivity contribution in [3.8, 4) is 5.88 Å². The van der Waals surface area contributed by atoms with Crippen LogP contribution in [0.5, 0.6) is 5.88 Å². The highest BCUT2D eigenvalue weighted by molar-refractivity contribution is 5.93. The number of rotatable bonds is 9. The summed E-state index contributed by atoms with van der Waals surface area (Å²) in [5.74, 6) is 1.40. The van der Waals surface area contributed by atoms with E-state index in [1.807, 2.05) is 0 Å². The van der Waals surface area contributed by atoms with Crippen molar-refractivity contribution >= 4 is 16.9 Å². The molecule has 0 radical (unpaired) electrons. The fraction of sp³-hybridized carbons (Fsp3) is 0.409. The molecule has 152 valence electrons. The van der Waals surface area contributed by atoms with E-state index in [1.165, 1.54) is 24.6 Å². The molecular formula is C22H26N4O3. The van der Waals surface area contributed by atoms with E-state index in [9.17, 15) is 4.79 Å². The van der Waals surface area contributed by atoms with E-state index in [4.69, 9.17) is 9.47 Å². The predicted octanol–water partition coefficient (Wildman–Crippen LogP) is 3.42. The van der Waals surface area contributed by atoms with Crippen LogP contribution in [0.1, 0.15) is 47.1 Å². The Morgan fingerprint density at radius 3 is 2.83 bits per heavy atom. The maximum atomic E-state index is 12.4. The second-order valence-electron chi connectivity index (χ2n) is 7.35. The Morgan fingerprint density at radius 2 is 2.10 bits per heavy atom. The molecule has 0 saturated heterocycles. The van der Waals surface area contributed by atoms with Crippen LogP contribution in [0.3, 0.4) is 0 Å². The van der Waals surface area contributed by atoms with Gasteiger partial charge in [-0.15, -0.1) is 0 Å². The van der Waals surface area contributed by atoms with Gasteiger partial charge in [0, 0.05) is 45.0 Å². The van der Waals surface area contributed by atoms with Crippen molar-refractivity contribution < 1.29 is 14.3 Å². The maximum absolute atomic E-state index is 12.4. The van der Waals surface area contributed by atoms with Gasteiger partial charge in [0.2, 0.25) is 5.88 Å². The number of pyridine rings is 1. The summed E-state index contributed by atoms with van der Waals surface area (Å²) >= 11 is 0. The monoisotopic (exact) mass is 394 g/mol. The molecule has 2 heterocycles. The van der Waals surface area contributed by atoms with Crippen LogP contribution in [0, 0.1) is 6.92 Å². The summed E-state index contributed by atoms with van der Waals surface area (Å²) in [5, 5.41) is 2.94. The number of imidazole rings is 1. The zero-order valence-corrected chi connectivity index (χ0v) is 16.9.